The first kappa shape index (κ1) is 18.2. The molecule has 0 aliphatic heterocycles. The van der Waals surface area contributed by atoms with E-state index in [1.165, 1.54) is 10.8 Å². The SMILES string of the molecule is CCCCS(=O)(=O)Oc1cscc1OS(=O)(=O)CCCC. The maximum atomic E-state index is 11.7. The maximum Gasteiger partial charge on any atom is 0.309 e. The minimum atomic E-state index is -3.73. The Morgan fingerprint density at radius 2 is 1.24 bits per heavy atom. The second-order valence-electron chi connectivity index (χ2n) is 4.50. The fraction of sp³-hybridized carbons (Fsp3) is 0.667. The van der Waals surface area contributed by atoms with Gasteiger partial charge in [-0.3, -0.25) is 0 Å². The highest BCUT2D eigenvalue weighted by Crippen LogP contribution is 2.34. The first-order chi connectivity index (χ1) is 9.79. The molecule has 0 spiro atoms. The van der Waals surface area contributed by atoms with E-state index >= 15 is 0 Å². The Kier molecular flexibility index (Phi) is 6.95. The third-order valence-electron chi connectivity index (χ3n) is 2.52. The number of hydrogen-bond acceptors (Lipinski definition) is 7. The van der Waals surface area contributed by atoms with Gasteiger partial charge in [0.2, 0.25) is 0 Å². The third kappa shape index (κ3) is 6.66. The maximum absolute atomic E-state index is 11.7. The zero-order valence-electron chi connectivity index (χ0n) is 12.1. The minimum absolute atomic E-state index is 0.0730. The molecule has 0 aliphatic carbocycles. The van der Waals surface area contributed by atoms with Crippen LogP contribution in [0.25, 0.3) is 0 Å². The van der Waals surface area contributed by atoms with Gasteiger partial charge in [-0.1, -0.05) is 26.7 Å². The lowest BCUT2D eigenvalue weighted by Crippen LogP contribution is -2.16. The van der Waals surface area contributed by atoms with Crippen LogP contribution in [0.4, 0.5) is 0 Å². The van der Waals surface area contributed by atoms with Gasteiger partial charge >= 0.3 is 20.2 Å². The van der Waals surface area contributed by atoms with Gasteiger partial charge in [-0.2, -0.15) is 16.8 Å². The molecule has 0 aromatic carbocycles. The van der Waals surface area contributed by atoms with E-state index in [1.54, 1.807) is 0 Å². The molecule has 0 amide bonds. The molecule has 0 saturated carbocycles. The van der Waals surface area contributed by atoms with E-state index in [9.17, 15) is 16.8 Å². The second kappa shape index (κ2) is 8.00. The number of hydrogen-bond donors (Lipinski definition) is 0. The molecule has 1 heterocycles. The summed E-state index contributed by atoms with van der Waals surface area (Å²) >= 11 is 1.12. The summed E-state index contributed by atoms with van der Waals surface area (Å²) in [6.45, 7) is 3.74. The number of rotatable bonds is 10. The molecule has 1 aromatic heterocycles. The first-order valence-corrected chi connectivity index (χ1v) is 10.8. The Labute approximate surface area is 130 Å². The normalized spacial score (nSPS) is 12.3. The van der Waals surface area contributed by atoms with Crippen LogP contribution in [0.2, 0.25) is 0 Å². The van der Waals surface area contributed by atoms with Crippen molar-refractivity contribution in [3.8, 4) is 11.5 Å². The predicted molar refractivity (Wildman–Crippen MR) is 83.0 cm³/mol. The van der Waals surface area contributed by atoms with E-state index in [2.05, 4.69) is 0 Å². The molecular weight excluding hydrogens is 336 g/mol. The molecule has 6 nitrogen and oxygen atoms in total. The molecule has 0 saturated heterocycles. The number of unbranched alkanes of at least 4 members (excludes halogenated alkanes) is 2. The highest BCUT2D eigenvalue weighted by molar-refractivity contribution is 7.87. The summed E-state index contributed by atoms with van der Waals surface area (Å²) in [4.78, 5) is 0. The first-order valence-electron chi connectivity index (χ1n) is 6.70. The van der Waals surface area contributed by atoms with Gasteiger partial charge in [-0.15, -0.1) is 11.3 Å². The van der Waals surface area contributed by atoms with Gasteiger partial charge in [-0.05, 0) is 12.8 Å². The van der Waals surface area contributed by atoms with Gasteiger partial charge in [0.25, 0.3) is 0 Å². The molecule has 21 heavy (non-hydrogen) atoms. The third-order valence-corrected chi connectivity index (χ3v) is 5.67. The molecular formula is C12H20O6S3. The zero-order valence-corrected chi connectivity index (χ0v) is 14.5. The van der Waals surface area contributed by atoms with Crippen LogP contribution in [-0.4, -0.2) is 28.3 Å². The zero-order chi connectivity index (χ0) is 15.9. The average molecular weight is 356 g/mol. The largest absolute Gasteiger partial charge is 0.377 e. The average Bonchev–Trinajstić information content (AvgIpc) is 2.80. The van der Waals surface area contributed by atoms with Crippen LogP contribution >= 0.6 is 11.3 Å². The van der Waals surface area contributed by atoms with Crippen molar-refractivity contribution in [1.29, 1.82) is 0 Å². The van der Waals surface area contributed by atoms with Gasteiger partial charge in [0, 0.05) is 10.8 Å². The number of thiophene rings is 1. The summed E-state index contributed by atoms with van der Waals surface area (Å²) < 4.78 is 56.7. The molecule has 9 heteroatoms. The molecule has 0 atom stereocenters. The minimum Gasteiger partial charge on any atom is -0.377 e. The molecule has 0 fully saturated rings. The summed E-state index contributed by atoms with van der Waals surface area (Å²) in [5, 5.41) is 2.82. The van der Waals surface area contributed by atoms with Crippen molar-refractivity contribution in [2.45, 2.75) is 39.5 Å². The Bertz CT molecular complexity index is 575. The fourth-order valence-electron chi connectivity index (χ4n) is 1.39. The molecule has 1 aromatic rings. The van der Waals surface area contributed by atoms with Gasteiger partial charge in [-0.25, -0.2) is 0 Å². The van der Waals surface area contributed by atoms with Gasteiger partial charge in [0.1, 0.15) is 0 Å². The Morgan fingerprint density at radius 3 is 1.57 bits per heavy atom. The summed E-state index contributed by atoms with van der Waals surface area (Å²) in [6, 6.07) is 0. The van der Waals surface area contributed by atoms with E-state index in [1.807, 2.05) is 13.8 Å². The van der Waals surface area contributed by atoms with Crippen LogP contribution in [0.1, 0.15) is 39.5 Å². The second-order valence-corrected chi connectivity index (χ2v) is 8.62. The molecule has 0 N–H and O–H groups in total. The molecule has 122 valence electrons. The molecule has 0 bridgehead atoms. The lowest BCUT2D eigenvalue weighted by molar-refractivity contribution is 0.450. The molecule has 0 aliphatic rings. The van der Waals surface area contributed by atoms with Crippen molar-refractivity contribution in [2.75, 3.05) is 11.5 Å². The monoisotopic (exact) mass is 356 g/mol. The van der Waals surface area contributed by atoms with Crippen LogP contribution in [0, 0.1) is 0 Å². The topological polar surface area (TPSA) is 86.7 Å². The molecule has 0 radical (unpaired) electrons. The van der Waals surface area contributed by atoms with Crippen LogP contribution in [0.15, 0.2) is 10.8 Å². The lowest BCUT2D eigenvalue weighted by Gasteiger charge is -2.09. The van der Waals surface area contributed by atoms with E-state index in [0.29, 0.717) is 12.8 Å². The summed E-state index contributed by atoms with van der Waals surface area (Å²) in [5.74, 6) is -0.365. The van der Waals surface area contributed by atoms with Crippen LogP contribution in [0.5, 0.6) is 11.5 Å². The molecule has 0 unspecified atom stereocenters. The van der Waals surface area contributed by atoms with Gasteiger partial charge in [0.05, 0.1) is 11.5 Å². The summed E-state index contributed by atoms with van der Waals surface area (Å²) in [6.07, 6.45) is 2.41. The van der Waals surface area contributed by atoms with Crippen molar-refractivity contribution in [2.24, 2.45) is 0 Å². The molecule has 1 rings (SSSR count). The smallest absolute Gasteiger partial charge is 0.309 e. The fourth-order valence-corrected chi connectivity index (χ4v) is 4.42. The van der Waals surface area contributed by atoms with Crippen molar-refractivity contribution in [3.63, 3.8) is 0 Å². The van der Waals surface area contributed by atoms with E-state index in [0.717, 1.165) is 24.2 Å². The van der Waals surface area contributed by atoms with Gasteiger partial charge < -0.3 is 8.37 Å². The Hall–Kier alpha value is -0.800. The highest BCUT2D eigenvalue weighted by Gasteiger charge is 2.20. The van der Waals surface area contributed by atoms with Crippen LogP contribution in [-0.2, 0) is 20.2 Å². The lowest BCUT2D eigenvalue weighted by atomic mass is 10.4. The van der Waals surface area contributed by atoms with Crippen molar-refractivity contribution >= 4 is 31.6 Å². The standard InChI is InChI=1S/C12H20O6S3/c1-3-5-7-20(13,14)17-11-9-19-10-12(11)18-21(15,16)8-6-4-2/h9-10H,3-8H2,1-2H3. The van der Waals surface area contributed by atoms with E-state index in [-0.39, 0.29) is 23.0 Å². The van der Waals surface area contributed by atoms with Gasteiger partial charge in [0.15, 0.2) is 11.5 Å². The van der Waals surface area contributed by atoms with Crippen molar-refractivity contribution < 1.29 is 25.2 Å². The summed E-state index contributed by atoms with van der Waals surface area (Å²) in [7, 11) is -7.46. The quantitative estimate of drug-likeness (QED) is 0.599. The van der Waals surface area contributed by atoms with E-state index in [4.69, 9.17) is 8.37 Å². The van der Waals surface area contributed by atoms with Crippen molar-refractivity contribution in [1.82, 2.24) is 0 Å². The van der Waals surface area contributed by atoms with E-state index < -0.39 is 20.2 Å². The van der Waals surface area contributed by atoms with Crippen LogP contribution < -0.4 is 8.37 Å². The Morgan fingerprint density at radius 1 is 0.857 bits per heavy atom. The van der Waals surface area contributed by atoms with Crippen molar-refractivity contribution in [3.05, 3.63) is 10.8 Å². The Balaban J connectivity index is 2.78. The van der Waals surface area contributed by atoms with Crippen LogP contribution in [0.3, 0.4) is 0 Å². The predicted octanol–water partition coefficient (Wildman–Crippen LogP) is 2.77. The summed E-state index contributed by atoms with van der Waals surface area (Å²) in [5.41, 5.74) is 0. The highest BCUT2D eigenvalue weighted by atomic mass is 32.2.